The Morgan fingerprint density at radius 3 is 2.53 bits per heavy atom. The molecule has 0 aliphatic rings. The first kappa shape index (κ1) is 19.1. The topological polar surface area (TPSA) is 78.1 Å². The molecule has 3 heterocycles. The molecular weight excluding hydrogens is 383 g/mol. The average Bonchev–Trinajstić information content (AvgIpc) is 3.23. The zero-order valence-corrected chi connectivity index (χ0v) is 16.1. The van der Waals surface area contributed by atoms with Crippen LogP contribution in [-0.2, 0) is 4.74 Å². The standard InChI is InChI=1S/C22H17FN6O/c1-15(17-6-5-11-25-14-17)26-22(30-2)20-21(16-9-12-24-13-10-16)29(28-27-20)19-8-4-3-7-18(19)23/h3-14H,1H2,2H3. The molecule has 0 fully saturated rings. The van der Waals surface area contributed by atoms with Crippen LogP contribution in [0.15, 0.2) is 84.9 Å². The van der Waals surface area contributed by atoms with Crippen LogP contribution in [0.5, 0.6) is 0 Å². The van der Waals surface area contributed by atoms with E-state index in [9.17, 15) is 4.39 Å². The molecule has 0 radical (unpaired) electrons. The van der Waals surface area contributed by atoms with Gasteiger partial charge in [-0.3, -0.25) is 9.97 Å². The van der Waals surface area contributed by atoms with Gasteiger partial charge in [0.05, 0.1) is 12.8 Å². The van der Waals surface area contributed by atoms with Crippen LogP contribution in [0, 0.1) is 5.82 Å². The van der Waals surface area contributed by atoms with Gasteiger partial charge in [0.2, 0.25) is 5.90 Å². The molecule has 0 aliphatic heterocycles. The van der Waals surface area contributed by atoms with Crippen molar-refractivity contribution in [2.45, 2.75) is 0 Å². The van der Waals surface area contributed by atoms with Crippen LogP contribution in [0.4, 0.5) is 4.39 Å². The van der Waals surface area contributed by atoms with Crippen LogP contribution < -0.4 is 0 Å². The molecule has 0 amide bonds. The monoisotopic (exact) mass is 400 g/mol. The molecule has 7 nitrogen and oxygen atoms in total. The first-order valence-corrected chi connectivity index (χ1v) is 9.02. The zero-order chi connectivity index (χ0) is 20.9. The van der Waals surface area contributed by atoms with Crippen LogP contribution in [-0.4, -0.2) is 38.0 Å². The summed E-state index contributed by atoms with van der Waals surface area (Å²) in [5.74, 6) is -0.238. The fraction of sp³-hybridized carbons (Fsp3) is 0.0455. The van der Waals surface area contributed by atoms with Gasteiger partial charge in [0, 0.05) is 35.9 Å². The molecule has 0 atom stereocenters. The second kappa shape index (κ2) is 8.44. The lowest BCUT2D eigenvalue weighted by atomic mass is 10.1. The minimum atomic E-state index is -0.431. The maximum absolute atomic E-state index is 14.5. The molecule has 0 spiro atoms. The summed E-state index contributed by atoms with van der Waals surface area (Å²) in [4.78, 5) is 12.6. The number of benzene rings is 1. The van der Waals surface area contributed by atoms with Crippen LogP contribution in [0.3, 0.4) is 0 Å². The summed E-state index contributed by atoms with van der Waals surface area (Å²) in [5, 5.41) is 8.42. The molecule has 3 aromatic heterocycles. The number of nitrogens with zero attached hydrogens (tertiary/aromatic N) is 6. The largest absolute Gasteiger partial charge is 0.479 e. The van der Waals surface area contributed by atoms with E-state index in [2.05, 4.69) is 31.9 Å². The summed E-state index contributed by atoms with van der Waals surface area (Å²) in [5.41, 5.74) is 3.02. The number of para-hydroxylation sites is 1. The average molecular weight is 400 g/mol. The Morgan fingerprint density at radius 1 is 1.03 bits per heavy atom. The Morgan fingerprint density at radius 2 is 1.83 bits per heavy atom. The van der Waals surface area contributed by atoms with Crippen molar-refractivity contribution in [1.82, 2.24) is 25.0 Å². The molecule has 0 saturated heterocycles. The lowest BCUT2D eigenvalue weighted by Gasteiger charge is -2.10. The Labute approximate surface area is 172 Å². The number of rotatable bonds is 5. The van der Waals surface area contributed by atoms with Gasteiger partial charge in [0.25, 0.3) is 0 Å². The normalized spacial score (nSPS) is 11.3. The molecule has 0 unspecified atom stereocenters. The lowest BCUT2D eigenvalue weighted by molar-refractivity contribution is 0.404. The fourth-order valence-corrected chi connectivity index (χ4v) is 2.90. The van der Waals surface area contributed by atoms with Crippen LogP contribution in [0.1, 0.15) is 11.3 Å². The van der Waals surface area contributed by atoms with E-state index >= 15 is 0 Å². The van der Waals surface area contributed by atoms with Gasteiger partial charge < -0.3 is 4.74 Å². The van der Waals surface area contributed by atoms with E-state index in [1.54, 1.807) is 61.2 Å². The van der Waals surface area contributed by atoms with Gasteiger partial charge in [-0.15, -0.1) is 5.10 Å². The number of ether oxygens (including phenoxy) is 1. The summed E-state index contributed by atoms with van der Waals surface area (Å²) in [6.45, 7) is 3.99. The highest BCUT2D eigenvalue weighted by molar-refractivity contribution is 6.00. The number of hydrogen-bond acceptors (Lipinski definition) is 6. The maximum Gasteiger partial charge on any atom is 0.244 e. The number of pyridine rings is 2. The van der Waals surface area contributed by atoms with Gasteiger partial charge in [-0.2, -0.15) is 0 Å². The molecule has 30 heavy (non-hydrogen) atoms. The van der Waals surface area contributed by atoms with Crippen LogP contribution in [0.25, 0.3) is 22.6 Å². The van der Waals surface area contributed by atoms with Crippen molar-refractivity contribution >= 4 is 11.6 Å². The number of halogens is 1. The third-order valence-corrected chi connectivity index (χ3v) is 4.33. The second-order valence-electron chi connectivity index (χ2n) is 6.20. The van der Waals surface area contributed by atoms with Crippen molar-refractivity contribution in [1.29, 1.82) is 0 Å². The van der Waals surface area contributed by atoms with Crippen molar-refractivity contribution < 1.29 is 9.13 Å². The van der Waals surface area contributed by atoms with Crippen molar-refractivity contribution in [3.63, 3.8) is 0 Å². The highest BCUT2D eigenvalue weighted by atomic mass is 19.1. The van der Waals surface area contributed by atoms with Crippen LogP contribution in [0.2, 0.25) is 0 Å². The van der Waals surface area contributed by atoms with E-state index in [1.807, 2.05) is 6.07 Å². The van der Waals surface area contributed by atoms with Crippen molar-refractivity contribution in [3.8, 4) is 16.9 Å². The molecule has 1 aromatic carbocycles. The van der Waals surface area contributed by atoms with E-state index < -0.39 is 5.82 Å². The van der Waals surface area contributed by atoms with Crippen molar-refractivity contribution in [2.75, 3.05) is 7.11 Å². The number of aliphatic imine (C=N–C) groups is 1. The van der Waals surface area contributed by atoms with E-state index in [0.29, 0.717) is 17.1 Å². The highest BCUT2D eigenvalue weighted by Crippen LogP contribution is 2.27. The lowest BCUT2D eigenvalue weighted by Crippen LogP contribution is -2.08. The van der Waals surface area contributed by atoms with Crippen LogP contribution >= 0.6 is 0 Å². The highest BCUT2D eigenvalue weighted by Gasteiger charge is 2.23. The summed E-state index contributed by atoms with van der Waals surface area (Å²) in [6.07, 6.45) is 6.59. The maximum atomic E-state index is 14.5. The third-order valence-electron chi connectivity index (χ3n) is 4.33. The summed E-state index contributed by atoms with van der Waals surface area (Å²) >= 11 is 0. The van der Waals surface area contributed by atoms with E-state index in [4.69, 9.17) is 4.74 Å². The summed E-state index contributed by atoms with van der Waals surface area (Å²) in [7, 11) is 1.48. The van der Waals surface area contributed by atoms with E-state index in [-0.39, 0.29) is 11.6 Å². The Bertz CT molecular complexity index is 1200. The molecule has 0 saturated carbocycles. The van der Waals surface area contributed by atoms with Crippen molar-refractivity contribution in [3.05, 3.63) is 97.0 Å². The number of hydrogen-bond donors (Lipinski definition) is 0. The Hall–Kier alpha value is -4.20. The molecular formula is C22H17FN6O. The first-order valence-electron chi connectivity index (χ1n) is 9.02. The SMILES string of the molecule is C=C(N=C(OC)c1nnn(-c2ccccc2F)c1-c1ccncc1)c1cccnc1. The van der Waals surface area contributed by atoms with Gasteiger partial charge in [-0.25, -0.2) is 14.1 Å². The predicted octanol–water partition coefficient (Wildman–Crippen LogP) is 3.93. The first-order chi connectivity index (χ1) is 14.7. The van der Waals surface area contributed by atoms with Gasteiger partial charge in [-0.1, -0.05) is 23.9 Å². The molecule has 8 heteroatoms. The summed E-state index contributed by atoms with van der Waals surface area (Å²) in [6, 6.07) is 13.5. The Balaban J connectivity index is 1.88. The zero-order valence-electron chi connectivity index (χ0n) is 16.1. The van der Waals surface area contributed by atoms with Gasteiger partial charge in [-0.05, 0) is 36.4 Å². The van der Waals surface area contributed by atoms with E-state index in [0.717, 1.165) is 11.1 Å². The fourth-order valence-electron chi connectivity index (χ4n) is 2.90. The Kier molecular flexibility index (Phi) is 5.38. The molecule has 148 valence electrons. The third kappa shape index (κ3) is 3.70. The smallest absolute Gasteiger partial charge is 0.244 e. The minimum Gasteiger partial charge on any atom is -0.479 e. The molecule has 0 N–H and O–H groups in total. The number of aromatic nitrogens is 5. The van der Waals surface area contributed by atoms with E-state index in [1.165, 1.54) is 17.9 Å². The second-order valence-corrected chi connectivity index (χ2v) is 6.20. The number of methoxy groups -OCH3 is 1. The molecule has 0 bridgehead atoms. The summed E-state index contributed by atoms with van der Waals surface area (Å²) < 4.78 is 21.4. The quantitative estimate of drug-likeness (QED) is 0.375. The molecule has 0 aliphatic carbocycles. The van der Waals surface area contributed by atoms with Gasteiger partial charge in [0.1, 0.15) is 17.2 Å². The predicted molar refractivity (Wildman–Crippen MR) is 111 cm³/mol. The van der Waals surface area contributed by atoms with Crippen molar-refractivity contribution in [2.24, 2.45) is 4.99 Å². The molecule has 4 rings (SSSR count). The molecule has 4 aromatic rings. The van der Waals surface area contributed by atoms with Gasteiger partial charge >= 0.3 is 0 Å². The van der Waals surface area contributed by atoms with Gasteiger partial charge in [0.15, 0.2) is 5.69 Å². The minimum absolute atomic E-state index is 0.193.